The van der Waals surface area contributed by atoms with Crippen molar-refractivity contribution in [2.24, 2.45) is 5.16 Å². The molecule has 1 saturated heterocycles. The van der Waals surface area contributed by atoms with Gasteiger partial charge in [-0.1, -0.05) is 10.4 Å². The van der Waals surface area contributed by atoms with Crippen LogP contribution in [-0.2, 0) is 39.5 Å². The molecule has 1 fully saturated rings. The molecule has 17 nitrogen and oxygen atoms in total. The van der Waals surface area contributed by atoms with Gasteiger partial charge in [0.1, 0.15) is 28.3 Å². The number of carbonyl (C=O) groups excluding carboxylic acids is 4. The monoisotopic (exact) mass is 709 g/mol. The zero-order valence-corrected chi connectivity index (χ0v) is 29.2. The predicted octanol–water partition coefficient (Wildman–Crippen LogP) is 1.31. The topological polar surface area (TPSA) is 209 Å². The number of thiazole rings is 1. The second-order valence-corrected chi connectivity index (χ2v) is 15.5. The van der Waals surface area contributed by atoms with Gasteiger partial charge in [0.05, 0.1) is 22.2 Å². The molecule has 4 rings (SSSR count). The Hall–Kier alpha value is -3.91. The van der Waals surface area contributed by atoms with Gasteiger partial charge in [0, 0.05) is 11.3 Å². The zero-order valence-electron chi connectivity index (χ0n) is 26.8. The van der Waals surface area contributed by atoms with Crippen molar-refractivity contribution in [3.63, 3.8) is 0 Å². The highest BCUT2D eigenvalue weighted by Crippen LogP contribution is 2.39. The summed E-state index contributed by atoms with van der Waals surface area (Å²) >= 11 is 7.04. The van der Waals surface area contributed by atoms with Crippen LogP contribution in [0.25, 0.3) is 5.70 Å². The van der Waals surface area contributed by atoms with Gasteiger partial charge < -0.3 is 19.6 Å². The Bertz CT molecular complexity index is 1680. The van der Waals surface area contributed by atoms with Crippen molar-refractivity contribution in [3.8, 4) is 0 Å². The van der Waals surface area contributed by atoms with Crippen LogP contribution in [0.5, 0.6) is 0 Å². The molecule has 2 aliphatic heterocycles. The van der Waals surface area contributed by atoms with E-state index in [0.29, 0.717) is 10.3 Å². The Labute approximate surface area is 282 Å². The zero-order chi connectivity index (χ0) is 35.1. The summed E-state index contributed by atoms with van der Waals surface area (Å²) in [5.41, 5.74) is -3.17. The van der Waals surface area contributed by atoms with Gasteiger partial charge in [-0.25, -0.2) is 19.3 Å². The van der Waals surface area contributed by atoms with Crippen LogP contribution in [0.4, 0.5) is 9.93 Å². The lowest BCUT2D eigenvalue weighted by Crippen LogP contribution is -2.73. The first-order valence-electron chi connectivity index (χ1n) is 14.0. The third-order valence-corrected chi connectivity index (χ3v) is 8.85. The van der Waals surface area contributed by atoms with Gasteiger partial charge in [-0.15, -0.1) is 33.1 Å². The second kappa shape index (κ2) is 13.3. The molecule has 4 heterocycles. The van der Waals surface area contributed by atoms with E-state index in [4.69, 9.17) is 33.9 Å². The number of nitrogens with zero attached hydrogens (tertiary/aromatic N) is 7. The molecule has 2 N–H and O–H groups in total. The van der Waals surface area contributed by atoms with Crippen LogP contribution < -0.4 is 10.6 Å². The third-order valence-electron chi connectivity index (χ3n) is 6.12. The van der Waals surface area contributed by atoms with Crippen molar-refractivity contribution in [1.29, 1.82) is 0 Å². The number of ether oxygens (including phenoxy) is 2. The molecule has 0 aromatic carbocycles. The van der Waals surface area contributed by atoms with E-state index in [0.717, 1.165) is 11.3 Å². The van der Waals surface area contributed by atoms with Crippen LogP contribution in [0.2, 0.25) is 0 Å². The maximum Gasteiger partial charge on any atom is 0.413 e. The Morgan fingerprint density at radius 2 is 1.81 bits per heavy atom. The average Bonchev–Trinajstić information content (AvgIpc) is 3.57. The fraction of sp³-hybridized carbons (Fsp3) is 0.577. The van der Waals surface area contributed by atoms with E-state index < -0.39 is 68.6 Å². The summed E-state index contributed by atoms with van der Waals surface area (Å²) in [5.74, 6) is -2.46. The second-order valence-electron chi connectivity index (χ2n) is 12.8. The molecule has 1 unspecified atom stereocenters. The van der Waals surface area contributed by atoms with E-state index in [9.17, 15) is 23.4 Å². The number of hydrogen-bond donors (Lipinski definition) is 2. The average molecular weight is 710 g/mol. The first-order chi connectivity index (χ1) is 21.7. The smallest absolute Gasteiger partial charge is 0.413 e. The van der Waals surface area contributed by atoms with Crippen molar-refractivity contribution in [3.05, 3.63) is 22.5 Å². The van der Waals surface area contributed by atoms with Crippen LogP contribution in [0.1, 0.15) is 66.9 Å². The molecule has 0 bridgehead atoms. The molecule has 252 valence electrons. The number of β-lactam (4-membered cyclic amide) rings is 1. The molecule has 21 heteroatoms. The number of amides is 3. The summed E-state index contributed by atoms with van der Waals surface area (Å²) in [6.07, 6.45) is -0.784. The molecule has 0 saturated carbocycles. The first kappa shape index (κ1) is 35.9. The largest absolute Gasteiger partial charge is 0.457 e. The normalized spacial score (nSPS) is 20.3. The molecule has 2 radical (unpaired) electrons. The number of nitrogens with one attached hydrogen (secondary N) is 2. The van der Waals surface area contributed by atoms with Crippen molar-refractivity contribution in [2.75, 3.05) is 16.9 Å². The summed E-state index contributed by atoms with van der Waals surface area (Å²) in [4.78, 5) is 63.2. The molecular weight excluding hydrogens is 677 g/mol. The SMILES string of the molecule is [B]n1nnc(C2=C(CCl)CS(=O)[C@@H]3[C@H](NC(=O)/C(=N\OC(C)(C)C(=O)OC(C)(C)C)c4csc(NC(=O)OC(C)(C)C)n4)C(=O)N23)n1. The molecular formula is C26H33BClN9O8S2. The third kappa shape index (κ3) is 8.34. The van der Waals surface area contributed by atoms with Gasteiger partial charge in [-0.2, -0.15) is 0 Å². The number of esters is 1. The number of rotatable bonds is 9. The number of oxime groups is 1. The molecule has 3 amide bonds. The van der Waals surface area contributed by atoms with Crippen molar-refractivity contribution < 1.29 is 37.7 Å². The van der Waals surface area contributed by atoms with E-state index in [1.807, 2.05) is 0 Å². The van der Waals surface area contributed by atoms with Crippen LogP contribution >= 0.6 is 22.9 Å². The van der Waals surface area contributed by atoms with E-state index in [-0.39, 0.29) is 34.0 Å². The minimum Gasteiger partial charge on any atom is -0.457 e. The lowest BCUT2D eigenvalue weighted by Gasteiger charge is -2.49. The highest BCUT2D eigenvalue weighted by molar-refractivity contribution is 7.86. The standard InChI is InChI=1S/C26H33BClN9O8S2/c1-24(2,3)43-21(40)26(7,8)45-34-14(13-10-46-22(29-13)31-23(41)44-25(4,5)6)18(38)30-15-19(39)36-16(17-32-35-37(27)33-17)12(9-28)11-47(42)20(15)36/h10,15,20H,9,11H2,1-8H3,(H,30,38)(H,29,31,41)/b34-14-/t15-,20-,47?/m1/s1. The molecule has 0 spiro atoms. The van der Waals surface area contributed by atoms with E-state index >= 15 is 0 Å². The van der Waals surface area contributed by atoms with Crippen LogP contribution in [0.3, 0.4) is 0 Å². The number of tetrazole rings is 1. The molecule has 3 atom stereocenters. The van der Waals surface area contributed by atoms with E-state index in [1.165, 1.54) is 24.1 Å². The number of alkyl halides is 1. The summed E-state index contributed by atoms with van der Waals surface area (Å²) in [5, 5.41) is 20.8. The fourth-order valence-electron chi connectivity index (χ4n) is 4.13. The van der Waals surface area contributed by atoms with Gasteiger partial charge >= 0.3 is 12.1 Å². The van der Waals surface area contributed by atoms with Gasteiger partial charge in [-0.05, 0) is 61.0 Å². The highest BCUT2D eigenvalue weighted by atomic mass is 35.5. The van der Waals surface area contributed by atoms with Crippen LogP contribution in [0.15, 0.2) is 16.1 Å². The Morgan fingerprint density at radius 1 is 1.15 bits per heavy atom. The number of carbonyl (C=O) groups is 4. The molecule has 47 heavy (non-hydrogen) atoms. The van der Waals surface area contributed by atoms with Crippen molar-refractivity contribution in [1.82, 2.24) is 35.3 Å². The Kier molecular flexibility index (Phi) is 10.2. The number of fused-ring (bicyclic) bond motifs is 1. The number of halogens is 1. The summed E-state index contributed by atoms with van der Waals surface area (Å²) < 4.78 is 24.6. The van der Waals surface area contributed by atoms with Gasteiger partial charge in [0.15, 0.2) is 10.8 Å². The van der Waals surface area contributed by atoms with Gasteiger partial charge in [0.25, 0.3) is 19.8 Å². The predicted molar refractivity (Wildman–Crippen MR) is 172 cm³/mol. The number of anilines is 1. The Balaban J connectivity index is 1.62. The molecule has 0 aliphatic carbocycles. The first-order valence-corrected chi connectivity index (χ1v) is 16.8. The molecule has 2 aromatic heterocycles. The summed E-state index contributed by atoms with van der Waals surface area (Å²) in [6.45, 7) is 12.9. The van der Waals surface area contributed by atoms with Gasteiger partial charge in [0.2, 0.25) is 11.4 Å². The quantitative estimate of drug-likeness (QED) is 0.0943. The maximum absolute atomic E-state index is 13.7. The Morgan fingerprint density at radius 3 is 2.38 bits per heavy atom. The van der Waals surface area contributed by atoms with Crippen LogP contribution in [0, 0.1) is 0 Å². The van der Waals surface area contributed by atoms with E-state index in [2.05, 4.69) is 36.2 Å². The highest BCUT2D eigenvalue weighted by Gasteiger charge is 2.57. The molecule has 2 aromatic rings. The summed E-state index contributed by atoms with van der Waals surface area (Å²) in [6, 6.07) is -1.27. The van der Waals surface area contributed by atoms with Crippen molar-refractivity contribution >= 4 is 82.1 Å². The molecule has 2 aliphatic rings. The summed E-state index contributed by atoms with van der Waals surface area (Å²) in [7, 11) is 3.85. The fourth-order valence-corrected chi connectivity index (χ4v) is 6.83. The maximum atomic E-state index is 13.7. The lowest BCUT2D eigenvalue weighted by atomic mass is 10.0. The van der Waals surface area contributed by atoms with E-state index in [1.54, 1.807) is 41.5 Å². The minimum absolute atomic E-state index is 0.00417. The minimum atomic E-state index is -1.69. The van der Waals surface area contributed by atoms with Crippen molar-refractivity contribution in [2.45, 2.75) is 83.6 Å². The van der Waals surface area contributed by atoms with Crippen LogP contribution in [-0.4, -0.2) is 112 Å². The van der Waals surface area contributed by atoms with Gasteiger partial charge in [-0.3, -0.25) is 24.0 Å². The number of hydrogen-bond acceptors (Lipinski definition) is 14. The number of aromatic nitrogens is 5. The lowest BCUT2D eigenvalue weighted by molar-refractivity contribution is -0.179.